The van der Waals surface area contributed by atoms with E-state index < -0.39 is 0 Å². The van der Waals surface area contributed by atoms with Gasteiger partial charge in [-0.2, -0.15) is 4.98 Å². The Hall–Kier alpha value is -4.47. The molecule has 0 spiro atoms. The van der Waals surface area contributed by atoms with E-state index in [1.165, 1.54) is 0 Å². The van der Waals surface area contributed by atoms with E-state index in [1.54, 1.807) is 19.1 Å². The topological polar surface area (TPSA) is 107 Å². The Bertz CT molecular complexity index is 1360. The number of amides is 1. The van der Waals surface area contributed by atoms with E-state index in [2.05, 4.69) is 25.2 Å². The van der Waals surface area contributed by atoms with Gasteiger partial charge in [-0.15, -0.1) is 10.2 Å². The van der Waals surface area contributed by atoms with E-state index >= 15 is 0 Å². The van der Waals surface area contributed by atoms with Gasteiger partial charge in [0.1, 0.15) is 0 Å². The van der Waals surface area contributed by atoms with Crippen LogP contribution in [0.5, 0.6) is 11.5 Å². The fourth-order valence-corrected chi connectivity index (χ4v) is 4.20. The molecule has 35 heavy (non-hydrogen) atoms. The van der Waals surface area contributed by atoms with Crippen LogP contribution in [0.4, 0.5) is 5.82 Å². The summed E-state index contributed by atoms with van der Waals surface area (Å²) in [6.07, 6.45) is 0. The molecule has 0 radical (unpaired) electrons. The van der Waals surface area contributed by atoms with Crippen LogP contribution in [0.25, 0.3) is 22.6 Å². The number of hydrogen-bond donors (Lipinski definition) is 0. The van der Waals surface area contributed by atoms with Crippen LogP contribution in [0.2, 0.25) is 0 Å². The van der Waals surface area contributed by atoms with Gasteiger partial charge in [0.05, 0.1) is 5.69 Å². The molecule has 1 amide bonds. The number of aromatic nitrogens is 4. The van der Waals surface area contributed by atoms with Crippen molar-refractivity contribution >= 4 is 11.7 Å². The van der Waals surface area contributed by atoms with E-state index in [9.17, 15) is 4.79 Å². The van der Waals surface area contributed by atoms with Gasteiger partial charge in [-0.3, -0.25) is 4.79 Å². The summed E-state index contributed by atoms with van der Waals surface area (Å²) in [5.41, 5.74) is 3.13. The van der Waals surface area contributed by atoms with Crippen LogP contribution >= 0.6 is 0 Å². The van der Waals surface area contributed by atoms with Crippen LogP contribution in [-0.4, -0.2) is 64.1 Å². The largest absolute Gasteiger partial charge is 0.454 e. The molecule has 0 atom stereocenters. The quantitative estimate of drug-likeness (QED) is 0.444. The van der Waals surface area contributed by atoms with Crippen molar-refractivity contribution in [2.45, 2.75) is 6.92 Å². The van der Waals surface area contributed by atoms with E-state index in [0.29, 0.717) is 49.2 Å². The van der Waals surface area contributed by atoms with Crippen molar-refractivity contribution in [3.63, 3.8) is 0 Å². The number of benzene rings is 2. The zero-order valence-corrected chi connectivity index (χ0v) is 19.0. The van der Waals surface area contributed by atoms with Crippen LogP contribution in [0.15, 0.2) is 59.1 Å². The smallest absolute Gasteiger partial charge is 0.253 e. The highest BCUT2D eigenvalue weighted by atomic mass is 16.7. The molecule has 10 heteroatoms. The first-order valence-corrected chi connectivity index (χ1v) is 11.3. The fourth-order valence-electron chi connectivity index (χ4n) is 4.20. The lowest BCUT2D eigenvalue weighted by Crippen LogP contribution is -2.49. The molecule has 2 aliphatic rings. The average molecular weight is 470 g/mol. The molecule has 4 aromatic rings. The van der Waals surface area contributed by atoms with Crippen molar-refractivity contribution in [2.24, 2.45) is 0 Å². The predicted octanol–water partition coefficient (Wildman–Crippen LogP) is 3.19. The van der Waals surface area contributed by atoms with Gasteiger partial charge >= 0.3 is 0 Å². The Balaban J connectivity index is 1.08. The number of hydrogen-bond acceptors (Lipinski definition) is 9. The summed E-state index contributed by atoms with van der Waals surface area (Å²) in [7, 11) is 0. The third-order valence-corrected chi connectivity index (χ3v) is 6.13. The summed E-state index contributed by atoms with van der Waals surface area (Å²) in [5.74, 6) is 3.27. The second kappa shape index (κ2) is 8.71. The van der Waals surface area contributed by atoms with Gasteiger partial charge in [-0.05, 0) is 42.5 Å². The minimum atomic E-state index is 0.00438. The van der Waals surface area contributed by atoms with Gasteiger partial charge < -0.3 is 23.8 Å². The second-order valence-corrected chi connectivity index (χ2v) is 8.34. The lowest BCUT2D eigenvalue weighted by molar-refractivity contribution is 0.0746. The Morgan fingerprint density at radius 2 is 1.63 bits per heavy atom. The SMILES string of the molecule is Cc1nc(-c2ccc(C(=O)N3CCN(c4ccc(-c5ccc6c(c5)OCO6)nn4)CC3)cc2)no1. The molecule has 10 nitrogen and oxygen atoms in total. The molecule has 0 aliphatic carbocycles. The van der Waals surface area contributed by atoms with Crippen LogP contribution in [0, 0.1) is 6.92 Å². The van der Waals surface area contributed by atoms with Crippen molar-refractivity contribution in [2.75, 3.05) is 37.9 Å². The Labute approximate surface area is 201 Å². The normalized spacial score (nSPS) is 14.9. The lowest BCUT2D eigenvalue weighted by Gasteiger charge is -2.35. The first kappa shape index (κ1) is 21.1. The first-order chi connectivity index (χ1) is 17.1. The van der Waals surface area contributed by atoms with Crippen molar-refractivity contribution in [1.29, 1.82) is 0 Å². The van der Waals surface area contributed by atoms with E-state index in [0.717, 1.165) is 28.4 Å². The molecule has 1 fully saturated rings. The number of carbonyl (C=O) groups is 1. The van der Waals surface area contributed by atoms with Crippen molar-refractivity contribution in [3.8, 4) is 34.1 Å². The zero-order chi connectivity index (χ0) is 23.8. The van der Waals surface area contributed by atoms with Gasteiger partial charge in [0, 0.05) is 49.8 Å². The molecule has 0 saturated carbocycles. The summed E-state index contributed by atoms with van der Waals surface area (Å²) >= 11 is 0. The highest BCUT2D eigenvalue weighted by Crippen LogP contribution is 2.35. The van der Waals surface area contributed by atoms with E-state index in [-0.39, 0.29) is 12.7 Å². The maximum absolute atomic E-state index is 13.0. The maximum Gasteiger partial charge on any atom is 0.253 e. The number of anilines is 1. The zero-order valence-electron chi connectivity index (χ0n) is 19.0. The molecule has 0 N–H and O–H groups in total. The standard InChI is InChI=1S/C25H22N6O4/c1-16-26-24(29-35-16)17-2-4-18(5-3-17)25(32)31-12-10-30(11-13-31)23-9-7-20(27-28-23)19-6-8-21-22(14-19)34-15-33-21/h2-9,14H,10-13,15H2,1H3. The van der Waals surface area contributed by atoms with Gasteiger partial charge in [0.15, 0.2) is 17.3 Å². The molecule has 2 aliphatic heterocycles. The minimum absolute atomic E-state index is 0.00438. The predicted molar refractivity (Wildman–Crippen MR) is 126 cm³/mol. The van der Waals surface area contributed by atoms with Crippen LogP contribution in [0.3, 0.4) is 0 Å². The molecule has 0 bridgehead atoms. The van der Waals surface area contributed by atoms with Crippen molar-refractivity contribution < 1.29 is 18.8 Å². The Morgan fingerprint density at radius 1 is 0.857 bits per heavy atom. The number of rotatable bonds is 4. The monoisotopic (exact) mass is 470 g/mol. The van der Waals surface area contributed by atoms with Gasteiger partial charge in [0.25, 0.3) is 5.91 Å². The first-order valence-electron chi connectivity index (χ1n) is 11.3. The molecular formula is C25H22N6O4. The maximum atomic E-state index is 13.0. The number of piperazine rings is 1. The number of ether oxygens (including phenoxy) is 2. The summed E-state index contributed by atoms with van der Waals surface area (Å²) in [4.78, 5) is 21.2. The van der Waals surface area contributed by atoms with Crippen molar-refractivity contribution in [1.82, 2.24) is 25.2 Å². The average Bonchev–Trinajstić information content (AvgIpc) is 3.57. The molecule has 176 valence electrons. The van der Waals surface area contributed by atoms with Gasteiger partial charge in [-0.1, -0.05) is 17.3 Å². The minimum Gasteiger partial charge on any atom is -0.454 e. The molecule has 2 aromatic carbocycles. The number of nitrogens with zero attached hydrogens (tertiary/aromatic N) is 6. The highest BCUT2D eigenvalue weighted by molar-refractivity contribution is 5.94. The third-order valence-electron chi connectivity index (χ3n) is 6.13. The van der Waals surface area contributed by atoms with Gasteiger partial charge in [-0.25, -0.2) is 0 Å². The molecule has 4 heterocycles. The van der Waals surface area contributed by atoms with Crippen molar-refractivity contribution in [3.05, 3.63) is 66.1 Å². The molecule has 0 unspecified atom stereocenters. The fraction of sp³-hybridized carbons (Fsp3) is 0.240. The molecule has 1 saturated heterocycles. The Kier molecular flexibility index (Phi) is 5.25. The van der Waals surface area contributed by atoms with Crippen LogP contribution < -0.4 is 14.4 Å². The number of fused-ring (bicyclic) bond motifs is 1. The molecular weight excluding hydrogens is 448 g/mol. The van der Waals surface area contributed by atoms with E-state index in [1.807, 2.05) is 47.4 Å². The third kappa shape index (κ3) is 4.14. The number of carbonyl (C=O) groups excluding carboxylic acids is 1. The highest BCUT2D eigenvalue weighted by Gasteiger charge is 2.23. The summed E-state index contributed by atoms with van der Waals surface area (Å²) in [6.45, 7) is 4.57. The molecule has 6 rings (SSSR count). The molecule has 2 aromatic heterocycles. The second-order valence-electron chi connectivity index (χ2n) is 8.34. The summed E-state index contributed by atoms with van der Waals surface area (Å²) < 4.78 is 15.8. The van der Waals surface area contributed by atoms with Crippen LogP contribution in [0.1, 0.15) is 16.2 Å². The lowest BCUT2D eigenvalue weighted by atomic mass is 10.1. The van der Waals surface area contributed by atoms with E-state index in [4.69, 9.17) is 14.0 Å². The van der Waals surface area contributed by atoms with Crippen LogP contribution in [-0.2, 0) is 0 Å². The summed E-state index contributed by atoms with van der Waals surface area (Å²) in [5, 5.41) is 12.7. The number of aryl methyl sites for hydroxylation is 1. The summed E-state index contributed by atoms with van der Waals surface area (Å²) in [6, 6.07) is 16.9. The Morgan fingerprint density at radius 3 is 2.34 bits per heavy atom. The van der Waals surface area contributed by atoms with Gasteiger partial charge in [0.2, 0.25) is 18.5 Å².